The predicted octanol–water partition coefficient (Wildman–Crippen LogP) is 3.54. The molecule has 21 heavy (non-hydrogen) atoms. The Bertz CT molecular complexity index is 529. The van der Waals surface area contributed by atoms with Crippen molar-refractivity contribution in [2.45, 2.75) is 51.0 Å². The van der Waals surface area contributed by atoms with Gasteiger partial charge in [-0.05, 0) is 37.7 Å². The minimum atomic E-state index is -1.20. The smallest absolute Gasteiger partial charge is 0.257 e. The highest BCUT2D eigenvalue weighted by Gasteiger charge is 2.36. The van der Waals surface area contributed by atoms with E-state index in [2.05, 4.69) is 4.98 Å². The first-order chi connectivity index (χ1) is 10.2. The molecule has 1 saturated heterocycles. The standard InChI is InChI=1S/C16H20F2N2O/c17-14-12(8-9-19-15(14)18)16(21)20-10-4-7-13(20)11-5-2-1-3-6-11/h8-9,11,13H,1-7,10H2. The molecule has 1 aromatic rings. The molecule has 1 aliphatic carbocycles. The summed E-state index contributed by atoms with van der Waals surface area (Å²) < 4.78 is 27.0. The summed E-state index contributed by atoms with van der Waals surface area (Å²) in [4.78, 5) is 17.6. The number of carbonyl (C=O) groups excluding carboxylic acids is 1. The second kappa shape index (κ2) is 6.08. The average molecular weight is 294 g/mol. The zero-order valence-corrected chi connectivity index (χ0v) is 12.0. The van der Waals surface area contributed by atoms with Crippen molar-refractivity contribution in [1.82, 2.24) is 9.88 Å². The Hall–Kier alpha value is -1.52. The first-order valence-electron chi connectivity index (χ1n) is 7.79. The molecule has 1 aliphatic heterocycles. The number of likely N-dealkylation sites (tertiary alicyclic amines) is 1. The average Bonchev–Trinajstić information content (AvgIpc) is 3.00. The molecule has 1 unspecified atom stereocenters. The molecule has 1 saturated carbocycles. The predicted molar refractivity (Wildman–Crippen MR) is 74.8 cm³/mol. The van der Waals surface area contributed by atoms with E-state index in [1.165, 1.54) is 25.3 Å². The van der Waals surface area contributed by atoms with E-state index in [4.69, 9.17) is 0 Å². The monoisotopic (exact) mass is 294 g/mol. The van der Waals surface area contributed by atoms with Crippen LogP contribution in [-0.4, -0.2) is 28.4 Å². The van der Waals surface area contributed by atoms with Crippen molar-refractivity contribution in [3.8, 4) is 0 Å². The Labute approximate surface area is 123 Å². The molecule has 2 aliphatic rings. The summed E-state index contributed by atoms with van der Waals surface area (Å²) in [6.07, 6.45) is 9.04. The van der Waals surface area contributed by atoms with Crippen LogP contribution in [0, 0.1) is 17.7 Å². The SMILES string of the molecule is O=C(c1ccnc(F)c1F)N1CCCC1C1CCCCC1. The first kappa shape index (κ1) is 14.4. The molecule has 3 rings (SSSR count). The molecule has 3 nitrogen and oxygen atoms in total. The Kier molecular flexibility index (Phi) is 4.17. The third-order valence-electron chi connectivity index (χ3n) is 4.83. The third kappa shape index (κ3) is 2.78. The van der Waals surface area contributed by atoms with Gasteiger partial charge in [-0.25, -0.2) is 9.37 Å². The summed E-state index contributed by atoms with van der Waals surface area (Å²) in [5, 5.41) is 0. The fraction of sp³-hybridized carbons (Fsp3) is 0.625. The summed E-state index contributed by atoms with van der Waals surface area (Å²) in [6, 6.07) is 1.46. The normalized spacial score (nSPS) is 23.5. The summed E-state index contributed by atoms with van der Waals surface area (Å²) in [7, 11) is 0. The van der Waals surface area contributed by atoms with Gasteiger partial charge in [-0.2, -0.15) is 4.39 Å². The van der Waals surface area contributed by atoms with Gasteiger partial charge >= 0.3 is 0 Å². The van der Waals surface area contributed by atoms with Gasteiger partial charge in [0.25, 0.3) is 5.91 Å². The molecule has 2 fully saturated rings. The van der Waals surface area contributed by atoms with Crippen LogP contribution in [0.2, 0.25) is 0 Å². The number of pyridine rings is 1. The molecular formula is C16H20F2N2O. The highest BCUT2D eigenvalue weighted by atomic mass is 19.2. The summed E-state index contributed by atoms with van der Waals surface area (Å²) in [5.74, 6) is -2.20. The summed E-state index contributed by atoms with van der Waals surface area (Å²) in [5.41, 5.74) is -0.190. The molecule has 0 aromatic carbocycles. The molecule has 0 bridgehead atoms. The minimum Gasteiger partial charge on any atom is -0.335 e. The highest BCUT2D eigenvalue weighted by Crippen LogP contribution is 2.35. The molecule has 1 aromatic heterocycles. The van der Waals surface area contributed by atoms with Crippen LogP contribution in [0.5, 0.6) is 0 Å². The molecule has 5 heteroatoms. The molecule has 0 N–H and O–H groups in total. The lowest BCUT2D eigenvalue weighted by Gasteiger charge is -2.34. The van der Waals surface area contributed by atoms with E-state index in [-0.39, 0.29) is 17.5 Å². The third-order valence-corrected chi connectivity index (χ3v) is 4.83. The van der Waals surface area contributed by atoms with Crippen molar-refractivity contribution in [3.63, 3.8) is 0 Å². The lowest BCUT2D eigenvalue weighted by Crippen LogP contribution is -2.41. The van der Waals surface area contributed by atoms with Crippen molar-refractivity contribution in [3.05, 3.63) is 29.6 Å². The fourth-order valence-electron chi connectivity index (χ4n) is 3.79. The Morgan fingerprint density at radius 1 is 1.14 bits per heavy atom. The van der Waals surface area contributed by atoms with Gasteiger partial charge in [0.1, 0.15) is 0 Å². The fourth-order valence-corrected chi connectivity index (χ4v) is 3.79. The summed E-state index contributed by atoms with van der Waals surface area (Å²) in [6.45, 7) is 0.642. The molecular weight excluding hydrogens is 274 g/mol. The van der Waals surface area contributed by atoms with Gasteiger partial charge in [-0.3, -0.25) is 4.79 Å². The van der Waals surface area contributed by atoms with E-state index >= 15 is 0 Å². The second-order valence-electron chi connectivity index (χ2n) is 6.07. The van der Waals surface area contributed by atoms with Crippen LogP contribution in [0.25, 0.3) is 0 Å². The van der Waals surface area contributed by atoms with Gasteiger partial charge in [0, 0.05) is 18.8 Å². The molecule has 1 amide bonds. The Morgan fingerprint density at radius 3 is 2.67 bits per heavy atom. The lowest BCUT2D eigenvalue weighted by atomic mass is 9.83. The number of halogens is 2. The first-order valence-corrected chi connectivity index (χ1v) is 7.79. The van der Waals surface area contributed by atoms with Crippen LogP contribution >= 0.6 is 0 Å². The van der Waals surface area contributed by atoms with E-state index in [1.54, 1.807) is 4.90 Å². The maximum absolute atomic E-state index is 13.8. The number of nitrogens with zero attached hydrogens (tertiary/aromatic N) is 2. The van der Waals surface area contributed by atoms with E-state index in [1.807, 2.05) is 0 Å². The van der Waals surface area contributed by atoms with Crippen LogP contribution in [0.4, 0.5) is 8.78 Å². The lowest BCUT2D eigenvalue weighted by molar-refractivity contribution is 0.0655. The van der Waals surface area contributed by atoms with Gasteiger partial charge in [-0.15, -0.1) is 0 Å². The van der Waals surface area contributed by atoms with Gasteiger partial charge in [0.05, 0.1) is 5.56 Å². The molecule has 114 valence electrons. The van der Waals surface area contributed by atoms with Gasteiger partial charge in [0.2, 0.25) is 5.95 Å². The van der Waals surface area contributed by atoms with Crippen molar-refractivity contribution < 1.29 is 13.6 Å². The maximum atomic E-state index is 13.8. The van der Waals surface area contributed by atoms with Crippen molar-refractivity contribution in [2.24, 2.45) is 5.92 Å². The van der Waals surface area contributed by atoms with Crippen molar-refractivity contribution >= 4 is 5.91 Å². The van der Waals surface area contributed by atoms with Crippen LogP contribution in [0.3, 0.4) is 0 Å². The number of hydrogen-bond donors (Lipinski definition) is 0. The van der Waals surface area contributed by atoms with Crippen LogP contribution in [0.1, 0.15) is 55.3 Å². The van der Waals surface area contributed by atoms with E-state index in [0.29, 0.717) is 12.5 Å². The quantitative estimate of drug-likeness (QED) is 0.782. The van der Waals surface area contributed by atoms with Crippen LogP contribution in [0.15, 0.2) is 12.3 Å². The Morgan fingerprint density at radius 2 is 1.90 bits per heavy atom. The van der Waals surface area contributed by atoms with Crippen molar-refractivity contribution in [1.29, 1.82) is 0 Å². The number of rotatable bonds is 2. The van der Waals surface area contributed by atoms with Crippen LogP contribution in [-0.2, 0) is 0 Å². The van der Waals surface area contributed by atoms with Crippen LogP contribution < -0.4 is 0 Å². The number of hydrogen-bond acceptors (Lipinski definition) is 2. The number of amides is 1. The molecule has 0 radical (unpaired) electrons. The maximum Gasteiger partial charge on any atom is 0.257 e. The van der Waals surface area contributed by atoms with Gasteiger partial charge in [0.15, 0.2) is 5.82 Å². The molecule has 1 atom stereocenters. The van der Waals surface area contributed by atoms with E-state index in [9.17, 15) is 13.6 Å². The van der Waals surface area contributed by atoms with Gasteiger partial charge in [-0.1, -0.05) is 19.3 Å². The number of aromatic nitrogens is 1. The zero-order chi connectivity index (χ0) is 14.8. The van der Waals surface area contributed by atoms with Crippen molar-refractivity contribution in [2.75, 3.05) is 6.54 Å². The topological polar surface area (TPSA) is 33.2 Å². The van der Waals surface area contributed by atoms with E-state index < -0.39 is 11.8 Å². The molecule has 0 spiro atoms. The summed E-state index contributed by atoms with van der Waals surface area (Å²) >= 11 is 0. The second-order valence-corrected chi connectivity index (χ2v) is 6.07. The number of carbonyl (C=O) groups is 1. The zero-order valence-electron chi connectivity index (χ0n) is 12.0. The van der Waals surface area contributed by atoms with Gasteiger partial charge < -0.3 is 4.90 Å². The largest absolute Gasteiger partial charge is 0.335 e. The van der Waals surface area contributed by atoms with E-state index in [0.717, 1.165) is 31.9 Å². The highest BCUT2D eigenvalue weighted by molar-refractivity contribution is 5.94. The molecule has 2 heterocycles. The minimum absolute atomic E-state index is 0.188. The Balaban J connectivity index is 1.81.